The van der Waals surface area contributed by atoms with Gasteiger partial charge >= 0.3 is 0 Å². The number of rotatable bonds is 6. The van der Waals surface area contributed by atoms with Crippen LogP contribution in [0.25, 0.3) is 10.2 Å². The zero-order chi connectivity index (χ0) is 18.6. The van der Waals surface area contributed by atoms with E-state index in [4.69, 9.17) is 4.74 Å². The van der Waals surface area contributed by atoms with E-state index in [1.165, 1.54) is 22.4 Å². The number of thioether (sulfide) groups is 1. The van der Waals surface area contributed by atoms with Crippen molar-refractivity contribution in [3.05, 3.63) is 88.5 Å². The zero-order valence-electron chi connectivity index (χ0n) is 14.1. The SMILES string of the molecule is O=[N+]([O-])c1ccc(Oc2ccc(CSc3nc4ccccc4s3)cc2)cc1. The van der Waals surface area contributed by atoms with Gasteiger partial charge in [0.1, 0.15) is 11.5 Å². The summed E-state index contributed by atoms with van der Waals surface area (Å²) in [5, 5.41) is 10.7. The molecule has 0 aliphatic heterocycles. The first-order valence-corrected chi connectivity index (χ1v) is 9.97. The highest BCUT2D eigenvalue weighted by atomic mass is 32.2. The predicted octanol–water partition coefficient (Wildman–Crippen LogP) is 6.29. The largest absolute Gasteiger partial charge is 0.457 e. The maximum atomic E-state index is 10.7. The van der Waals surface area contributed by atoms with Gasteiger partial charge < -0.3 is 4.74 Å². The van der Waals surface area contributed by atoms with Crippen molar-refractivity contribution in [1.82, 2.24) is 4.98 Å². The molecule has 4 rings (SSSR count). The van der Waals surface area contributed by atoms with Gasteiger partial charge in [-0.1, -0.05) is 36.0 Å². The number of hydrogen-bond donors (Lipinski definition) is 0. The molecular formula is C20H14N2O3S2. The molecule has 0 unspecified atom stereocenters. The number of hydrogen-bond acceptors (Lipinski definition) is 6. The van der Waals surface area contributed by atoms with Gasteiger partial charge in [-0.05, 0) is 42.0 Å². The molecule has 134 valence electrons. The Labute approximate surface area is 163 Å². The maximum absolute atomic E-state index is 10.7. The lowest BCUT2D eigenvalue weighted by atomic mass is 10.2. The molecule has 0 aliphatic carbocycles. The second-order valence-electron chi connectivity index (χ2n) is 5.73. The number of nitro benzene ring substituents is 1. The Hall–Kier alpha value is -2.90. The molecule has 4 aromatic rings. The summed E-state index contributed by atoms with van der Waals surface area (Å²) >= 11 is 3.42. The average Bonchev–Trinajstić information content (AvgIpc) is 3.11. The van der Waals surface area contributed by atoms with Crippen LogP contribution in [0.5, 0.6) is 11.5 Å². The number of nitrogens with zero attached hydrogens (tertiary/aromatic N) is 2. The third-order valence-corrected chi connectivity index (χ3v) is 6.09. The normalized spacial score (nSPS) is 10.8. The van der Waals surface area contributed by atoms with Crippen molar-refractivity contribution in [2.45, 2.75) is 10.1 Å². The summed E-state index contributed by atoms with van der Waals surface area (Å²) in [6.07, 6.45) is 0. The second-order valence-corrected chi connectivity index (χ2v) is 7.99. The smallest absolute Gasteiger partial charge is 0.269 e. The molecule has 27 heavy (non-hydrogen) atoms. The molecular weight excluding hydrogens is 380 g/mol. The van der Waals surface area contributed by atoms with Crippen LogP contribution < -0.4 is 4.74 Å². The highest BCUT2D eigenvalue weighted by Crippen LogP contribution is 2.32. The lowest BCUT2D eigenvalue weighted by molar-refractivity contribution is -0.384. The summed E-state index contributed by atoms with van der Waals surface area (Å²) in [5.41, 5.74) is 2.26. The maximum Gasteiger partial charge on any atom is 0.269 e. The van der Waals surface area contributed by atoms with E-state index in [0.717, 1.165) is 15.6 Å². The van der Waals surface area contributed by atoms with Crippen LogP contribution in [0.3, 0.4) is 0 Å². The Balaban J connectivity index is 1.37. The summed E-state index contributed by atoms with van der Waals surface area (Å²) in [6, 6.07) is 22.0. The molecule has 1 aromatic heterocycles. The molecule has 5 nitrogen and oxygen atoms in total. The highest BCUT2D eigenvalue weighted by Gasteiger charge is 2.06. The number of thiazole rings is 1. The van der Waals surface area contributed by atoms with E-state index in [1.807, 2.05) is 42.5 Å². The molecule has 0 aliphatic rings. The van der Waals surface area contributed by atoms with Gasteiger partial charge in [-0.15, -0.1) is 11.3 Å². The summed E-state index contributed by atoms with van der Waals surface area (Å²) in [6.45, 7) is 0. The molecule has 0 bridgehead atoms. The van der Waals surface area contributed by atoms with Crippen LogP contribution in [-0.4, -0.2) is 9.91 Å². The third-order valence-electron chi connectivity index (χ3n) is 3.84. The number of nitro groups is 1. The Morgan fingerprint density at radius 2 is 1.63 bits per heavy atom. The number of non-ortho nitro benzene ring substituents is 1. The van der Waals surface area contributed by atoms with Gasteiger partial charge in [0.05, 0.1) is 15.1 Å². The standard InChI is InChI=1S/C20H14N2O3S2/c23-22(24)15-7-11-17(12-8-15)25-16-9-5-14(6-10-16)13-26-20-21-18-3-1-2-4-19(18)27-20/h1-12H,13H2. The number of aromatic nitrogens is 1. The molecule has 0 fully saturated rings. The van der Waals surface area contributed by atoms with Crippen molar-refractivity contribution < 1.29 is 9.66 Å². The number of fused-ring (bicyclic) bond motifs is 1. The average molecular weight is 394 g/mol. The molecule has 0 amide bonds. The Kier molecular flexibility index (Phi) is 5.04. The van der Waals surface area contributed by atoms with E-state index < -0.39 is 4.92 Å². The van der Waals surface area contributed by atoms with E-state index in [1.54, 1.807) is 35.2 Å². The van der Waals surface area contributed by atoms with Crippen LogP contribution in [0.15, 0.2) is 77.1 Å². The van der Waals surface area contributed by atoms with Gasteiger partial charge in [0.25, 0.3) is 5.69 Å². The lowest BCUT2D eigenvalue weighted by Crippen LogP contribution is -1.89. The van der Waals surface area contributed by atoms with Crippen LogP contribution in [0, 0.1) is 10.1 Å². The molecule has 3 aromatic carbocycles. The van der Waals surface area contributed by atoms with Gasteiger partial charge in [-0.2, -0.15) is 0 Å². The zero-order valence-corrected chi connectivity index (χ0v) is 15.7. The van der Waals surface area contributed by atoms with Crippen LogP contribution in [0.4, 0.5) is 5.69 Å². The molecule has 0 saturated heterocycles. The summed E-state index contributed by atoms with van der Waals surface area (Å²) in [5.74, 6) is 2.09. The molecule has 7 heteroatoms. The summed E-state index contributed by atoms with van der Waals surface area (Å²) < 4.78 is 7.99. The van der Waals surface area contributed by atoms with Crippen molar-refractivity contribution in [2.24, 2.45) is 0 Å². The van der Waals surface area contributed by atoms with E-state index >= 15 is 0 Å². The van der Waals surface area contributed by atoms with Crippen molar-refractivity contribution >= 4 is 39.0 Å². The fraction of sp³-hybridized carbons (Fsp3) is 0.0500. The Morgan fingerprint density at radius 3 is 2.30 bits per heavy atom. The molecule has 0 spiro atoms. The van der Waals surface area contributed by atoms with Gasteiger partial charge in [0, 0.05) is 17.9 Å². The van der Waals surface area contributed by atoms with Crippen LogP contribution in [0.2, 0.25) is 0 Å². The quantitative estimate of drug-likeness (QED) is 0.218. The van der Waals surface area contributed by atoms with E-state index in [0.29, 0.717) is 11.5 Å². The van der Waals surface area contributed by atoms with E-state index in [-0.39, 0.29) is 5.69 Å². The van der Waals surface area contributed by atoms with Crippen molar-refractivity contribution in [1.29, 1.82) is 0 Å². The first-order valence-electron chi connectivity index (χ1n) is 8.17. The predicted molar refractivity (Wildman–Crippen MR) is 109 cm³/mol. The topological polar surface area (TPSA) is 65.3 Å². The fourth-order valence-corrected chi connectivity index (χ4v) is 4.51. The fourth-order valence-electron chi connectivity index (χ4n) is 2.48. The van der Waals surface area contributed by atoms with E-state index in [2.05, 4.69) is 11.1 Å². The number of benzene rings is 3. The highest BCUT2D eigenvalue weighted by molar-refractivity contribution is 8.00. The van der Waals surface area contributed by atoms with Gasteiger partial charge in [0.2, 0.25) is 0 Å². The molecule has 0 N–H and O–H groups in total. The lowest BCUT2D eigenvalue weighted by Gasteiger charge is -2.06. The summed E-state index contributed by atoms with van der Waals surface area (Å²) in [4.78, 5) is 14.9. The minimum atomic E-state index is -0.429. The third kappa shape index (κ3) is 4.27. The van der Waals surface area contributed by atoms with Crippen molar-refractivity contribution in [2.75, 3.05) is 0 Å². The monoisotopic (exact) mass is 394 g/mol. The van der Waals surface area contributed by atoms with E-state index in [9.17, 15) is 10.1 Å². The molecule has 0 saturated carbocycles. The molecule has 0 atom stereocenters. The first kappa shape index (κ1) is 17.5. The minimum absolute atomic E-state index is 0.0459. The molecule has 1 heterocycles. The Bertz CT molecular complexity index is 1040. The molecule has 0 radical (unpaired) electrons. The van der Waals surface area contributed by atoms with Crippen molar-refractivity contribution in [3.63, 3.8) is 0 Å². The number of ether oxygens (including phenoxy) is 1. The van der Waals surface area contributed by atoms with Gasteiger partial charge in [-0.25, -0.2) is 4.98 Å². The van der Waals surface area contributed by atoms with Crippen LogP contribution in [-0.2, 0) is 5.75 Å². The number of para-hydroxylation sites is 1. The van der Waals surface area contributed by atoms with Gasteiger partial charge in [0.15, 0.2) is 4.34 Å². The Morgan fingerprint density at radius 1 is 0.963 bits per heavy atom. The van der Waals surface area contributed by atoms with Crippen molar-refractivity contribution in [3.8, 4) is 11.5 Å². The minimum Gasteiger partial charge on any atom is -0.457 e. The summed E-state index contributed by atoms with van der Waals surface area (Å²) in [7, 11) is 0. The van der Waals surface area contributed by atoms with Gasteiger partial charge in [-0.3, -0.25) is 10.1 Å². The van der Waals surface area contributed by atoms with Crippen LogP contribution in [0.1, 0.15) is 5.56 Å². The van der Waals surface area contributed by atoms with Crippen LogP contribution >= 0.6 is 23.1 Å². The second kappa shape index (κ2) is 7.77. The first-order chi connectivity index (χ1) is 13.2.